The second kappa shape index (κ2) is 8.24. The molecule has 2 aromatic heterocycles. The predicted molar refractivity (Wildman–Crippen MR) is 125 cm³/mol. The van der Waals surface area contributed by atoms with Crippen molar-refractivity contribution in [3.8, 4) is 11.3 Å². The molecule has 3 heterocycles. The van der Waals surface area contributed by atoms with E-state index in [9.17, 15) is 10.1 Å². The van der Waals surface area contributed by atoms with Crippen LogP contribution >= 0.6 is 12.2 Å². The summed E-state index contributed by atoms with van der Waals surface area (Å²) in [6, 6.07) is 25.2. The van der Waals surface area contributed by atoms with Gasteiger partial charge >= 0.3 is 0 Å². The van der Waals surface area contributed by atoms with Crippen molar-refractivity contribution in [2.24, 2.45) is 0 Å². The van der Waals surface area contributed by atoms with Gasteiger partial charge in [-0.05, 0) is 48.6 Å². The summed E-state index contributed by atoms with van der Waals surface area (Å²) in [6.45, 7) is 0. The third-order valence-electron chi connectivity index (χ3n) is 5.39. The molecule has 0 amide bonds. The number of para-hydroxylation sites is 1. The summed E-state index contributed by atoms with van der Waals surface area (Å²) >= 11 is 5.69. The molecule has 0 spiro atoms. The van der Waals surface area contributed by atoms with Crippen molar-refractivity contribution in [3.63, 3.8) is 0 Å². The molecule has 1 saturated heterocycles. The molecule has 7 nitrogen and oxygen atoms in total. The van der Waals surface area contributed by atoms with Gasteiger partial charge in [0.1, 0.15) is 17.6 Å². The molecule has 0 unspecified atom stereocenters. The zero-order valence-electron chi connectivity index (χ0n) is 16.8. The van der Waals surface area contributed by atoms with E-state index in [1.165, 1.54) is 12.1 Å². The van der Waals surface area contributed by atoms with Crippen molar-refractivity contribution in [3.05, 3.63) is 113 Å². The van der Waals surface area contributed by atoms with Gasteiger partial charge in [0.25, 0.3) is 5.69 Å². The molecule has 1 aliphatic rings. The van der Waals surface area contributed by atoms with Crippen molar-refractivity contribution < 1.29 is 9.34 Å². The van der Waals surface area contributed by atoms with Crippen LogP contribution in [0.1, 0.15) is 23.5 Å². The first-order chi connectivity index (χ1) is 15.6. The summed E-state index contributed by atoms with van der Waals surface area (Å²) < 4.78 is 6.25. The first-order valence-electron chi connectivity index (χ1n) is 10.0. The molecule has 2 aromatic carbocycles. The van der Waals surface area contributed by atoms with Gasteiger partial charge < -0.3 is 14.6 Å². The number of nitrogens with one attached hydrogen (secondary N) is 1. The number of benzene rings is 2. The zero-order chi connectivity index (χ0) is 22.1. The first-order valence-corrected chi connectivity index (χ1v) is 10.4. The Balaban J connectivity index is 1.58. The molecule has 32 heavy (non-hydrogen) atoms. The molecule has 4 aromatic rings. The van der Waals surface area contributed by atoms with E-state index in [0.717, 1.165) is 11.4 Å². The van der Waals surface area contributed by atoms with Crippen molar-refractivity contribution in [1.29, 1.82) is 0 Å². The molecule has 8 heteroatoms. The maximum absolute atomic E-state index is 11.2. The molecule has 0 bridgehead atoms. The molecule has 5 rings (SSSR count). The smallest absolute Gasteiger partial charge is 0.270 e. The number of non-ortho nitro benzene ring substituents is 1. The minimum atomic E-state index is -0.416. The van der Waals surface area contributed by atoms with Crippen LogP contribution in [0.3, 0.4) is 0 Å². The summed E-state index contributed by atoms with van der Waals surface area (Å²) in [4.78, 5) is 17.3. The van der Waals surface area contributed by atoms with Gasteiger partial charge in [-0.15, -0.1) is 0 Å². The van der Waals surface area contributed by atoms with Crippen LogP contribution in [0.4, 0.5) is 11.4 Å². The van der Waals surface area contributed by atoms with Crippen molar-refractivity contribution in [2.45, 2.75) is 12.1 Å². The lowest BCUT2D eigenvalue weighted by atomic mass is 10.0. The molecule has 1 fully saturated rings. The number of nitrogens with zero attached hydrogens (tertiary/aromatic N) is 3. The van der Waals surface area contributed by atoms with Crippen LogP contribution in [0.5, 0.6) is 0 Å². The average molecular weight is 443 g/mol. The Morgan fingerprint density at radius 3 is 2.56 bits per heavy atom. The molecule has 158 valence electrons. The summed E-state index contributed by atoms with van der Waals surface area (Å²) in [5, 5.41) is 15.1. The summed E-state index contributed by atoms with van der Waals surface area (Å²) in [7, 11) is 0. The fraction of sp³-hybridized carbons (Fsp3) is 0.0833. The fourth-order valence-electron chi connectivity index (χ4n) is 3.95. The number of aromatic nitrogens is 1. The number of thiocarbonyl (C=S) groups is 1. The fourth-order valence-corrected chi connectivity index (χ4v) is 4.30. The molecular weight excluding hydrogens is 424 g/mol. The van der Waals surface area contributed by atoms with Crippen molar-refractivity contribution in [2.75, 3.05) is 4.90 Å². The third-order valence-corrected chi connectivity index (χ3v) is 5.71. The summed E-state index contributed by atoms with van der Waals surface area (Å²) in [5.41, 5.74) is 2.43. The van der Waals surface area contributed by atoms with E-state index < -0.39 is 4.92 Å². The first kappa shape index (κ1) is 19.9. The number of pyridine rings is 1. The Morgan fingerprint density at radius 2 is 1.81 bits per heavy atom. The van der Waals surface area contributed by atoms with Gasteiger partial charge in [0.05, 0.1) is 16.7 Å². The number of hydrogen-bond acceptors (Lipinski definition) is 5. The van der Waals surface area contributed by atoms with Crippen molar-refractivity contribution in [1.82, 2.24) is 10.3 Å². The number of furan rings is 1. The molecule has 0 radical (unpaired) electrons. The van der Waals surface area contributed by atoms with Crippen LogP contribution in [-0.2, 0) is 0 Å². The van der Waals surface area contributed by atoms with E-state index in [-0.39, 0.29) is 17.8 Å². The van der Waals surface area contributed by atoms with Crippen molar-refractivity contribution >= 4 is 28.7 Å². The molecule has 1 aliphatic heterocycles. The predicted octanol–water partition coefficient (Wildman–Crippen LogP) is 5.43. The lowest BCUT2D eigenvalue weighted by Crippen LogP contribution is -2.29. The van der Waals surface area contributed by atoms with E-state index in [0.29, 0.717) is 22.2 Å². The molecule has 2 atom stereocenters. The van der Waals surface area contributed by atoms with E-state index in [2.05, 4.69) is 10.3 Å². The standard InChI is InChI=1S/C24H18N4O3S/c29-28(30)18-10-6-7-16(15-18)20-12-13-21(31-20)23-22(19-11-4-5-14-25-19)26-24(32)27(23)17-8-2-1-3-9-17/h1-15,22-23H,(H,26,32)/t22-,23-/m0/s1. The highest BCUT2D eigenvalue weighted by molar-refractivity contribution is 7.80. The quantitative estimate of drug-likeness (QED) is 0.251. The van der Waals surface area contributed by atoms with Gasteiger partial charge in [-0.2, -0.15) is 0 Å². The second-order valence-corrected chi connectivity index (χ2v) is 7.73. The van der Waals surface area contributed by atoms with Gasteiger partial charge in [-0.1, -0.05) is 36.4 Å². The van der Waals surface area contributed by atoms with Gasteiger partial charge in [0.15, 0.2) is 5.11 Å². The maximum atomic E-state index is 11.2. The van der Waals surface area contributed by atoms with Gasteiger partial charge in [0, 0.05) is 29.6 Å². The zero-order valence-corrected chi connectivity index (χ0v) is 17.6. The van der Waals surface area contributed by atoms with E-state index in [1.54, 1.807) is 18.3 Å². The Labute approximate surface area is 189 Å². The SMILES string of the molecule is O=[N+]([O-])c1cccc(-c2ccc([C@H]3[C@H](c4ccccn4)NC(=S)N3c3ccccc3)o2)c1. The lowest BCUT2D eigenvalue weighted by Gasteiger charge is -2.26. The lowest BCUT2D eigenvalue weighted by molar-refractivity contribution is -0.384. The highest BCUT2D eigenvalue weighted by Gasteiger charge is 2.42. The summed E-state index contributed by atoms with van der Waals surface area (Å²) in [6.07, 6.45) is 1.75. The Bertz CT molecular complexity index is 1280. The maximum Gasteiger partial charge on any atom is 0.270 e. The minimum Gasteiger partial charge on any atom is -0.459 e. The van der Waals surface area contributed by atoms with Crippen LogP contribution in [-0.4, -0.2) is 15.0 Å². The van der Waals surface area contributed by atoms with Crippen LogP contribution < -0.4 is 10.2 Å². The normalized spacial score (nSPS) is 17.9. The number of nitro benzene ring substituents is 1. The van der Waals surface area contributed by atoms with E-state index >= 15 is 0 Å². The Morgan fingerprint density at radius 1 is 1.00 bits per heavy atom. The van der Waals surface area contributed by atoms with Gasteiger partial charge in [-0.25, -0.2) is 0 Å². The van der Waals surface area contributed by atoms with Gasteiger partial charge in [-0.3, -0.25) is 15.1 Å². The Kier molecular flexibility index (Phi) is 5.12. The highest BCUT2D eigenvalue weighted by Crippen LogP contribution is 2.42. The number of nitro groups is 1. The summed E-state index contributed by atoms with van der Waals surface area (Å²) in [5.74, 6) is 1.23. The van der Waals surface area contributed by atoms with Crippen LogP contribution in [0.25, 0.3) is 11.3 Å². The van der Waals surface area contributed by atoms with Crippen LogP contribution in [0.2, 0.25) is 0 Å². The van der Waals surface area contributed by atoms with E-state index in [1.807, 2.05) is 65.6 Å². The second-order valence-electron chi connectivity index (χ2n) is 7.34. The topological polar surface area (TPSA) is 84.4 Å². The Hall–Kier alpha value is -4.04. The average Bonchev–Trinajstić information content (AvgIpc) is 3.45. The van der Waals surface area contributed by atoms with E-state index in [4.69, 9.17) is 16.6 Å². The number of hydrogen-bond donors (Lipinski definition) is 1. The van der Waals surface area contributed by atoms with Crippen LogP contribution in [0.15, 0.2) is 95.5 Å². The largest absolute Gasteiger partial charge is 0.459 e. The number of anilines is 1. The minimum absolute atomic E-state index is 0.0152. The molecule has 1 N–H and O–H groups in total. The third kappa shape index (κ3) is 3.61. The molecule has 0 saturated carbocycles. The van der Waals surface area contributed by atoms with Gasteiger partial charge in [0.2, 0.25) is 0 Å². The molecular formula is C24H18N4O3S. The van der Waals surface area contributed by atoms with Crippen LogP contribution in [0, 0.1) is 10.1 Å². The number of rotatable bonds is 5. The highest BCUT2D eigenvalue weighted by atomic mass is 32.1. The molecule has 0 aliphatic carbocycles. The monoisotopic (exact) mass is 442 g/mol.